The summed E-state index contributed by atoms with van der Waals surface area (Å²) >= 11 is 0. The van der Waals surface area contributed by atoms with Crippen molar-refractivity contribution in [1.82, 2.24) is 19.7 Å². The number of hydrogen-bond donors (Lipinski definition) is 2. The van der Waals surface area contributed by atoms with Gasteiger partial charge >= 0.3 is 0 Å². The van der Waals surface area contributed by atoms with Gasteiger partial charge in [-0.25, -0.2) is 14.6 Å². The molecule has 162 valence electrons. The molecule has 0 saturated heterocycles. The minimum atomic E-state index is 0.0578. The highest BCUT2D eigenvalue weighted by molar-refractivity contribution is 6.01. The second-order valence-electron chi connectivity index (χ2n) is 10.3. The first kappa shape index (κ1) is 21.0. The van der Waals surface area contributed by atoms with Crippen LogP contribution in [0.15, 0.2) is 47.4 Å². The summed E-state index contributed by atoms with van der Waals surface area (Å²) in [5.41, 5.74) is 12.1. The fourth-order valence-electron chi connectivity index (χ4n) is 3.64. The Morgan fingerprint density at radius 1 is 1.03 bits per heavy atom. The highest BCUT2D eigenvalue weighted by Gasteiger charge is 2.22. The van der Waals surface area contributed by atoms with Crippen molar-refractivity contribution in [2.24, 2.45) is 15.8 Å². The molecule has 0 spiro atoms. The Morgan fingerprint density at radius 3 is 2.35 bits per heavy atom. The average molecular weight is 418 g/mol. The lowest BCUT2D eigenvalue weighted by molar-refractivity contribution is 0.330. The summed E-state index contributed by atoms with van der Waals surface area (Å²) in [5, 5.41) is 9.14. The summed E-state index contributed by atoms with van der Waals surface area (Å²) in [4.78, 5) is 13.3. The lowest BCUT2D eigenvalue weighted by Crippen LogP contribution is -2.16. The molecule has 7 nitrogen and oxygen atoms in total. The van der Waals surface area contributed by atoms with E-state index in [1.54, 1.807) is 0 Å². The van der Waals surface area contributed by atoms with E-state index >= 15 is 0 Å². The molecular formula is C24H31N7. The Hall–Kier alpha value is -3.22. The van der Waals surface area contributed by atoms with E-state index in [2.05, 4.69) is 92.2 Å². The zero-order valence-electron chi connectivity index (χ0n) is 19.2. The van der Waals surface area contributed by atoms with Crippen LogP contribution < -0.4 is 11.1 Å². The zero-order valence-corrected chi connectivity index (χ0v) is 19.2. The molecule has 0 radical (unpaired) electrons. The predicted molar refractivity (Wildman–Crippen MR) is 128 cm³/mol. The highest BCUT2D eigenvalue weighted by atomic mass is 15.3. The number of fused-ring (bicyclic) bond motifs is 1. The van der Waals surface area contributed by atoms with Crippen LogP contribution in [0.25, 0.3) is 22.3 Å². The van der Waals surface area contributed by atoms with Crippen LogP contribution in [0.5, 0.6) is 0 Å². The van der Waals surface area contributed by atoms with Crippen LogP contribution in [-0.2, 0) is 6.54 Å². The maximum atomic E-state index is 6.22. The van der Waals surface area contributed by atoms with E-state index in [1.807, 2.05) is 4.68 Å². The first-order valence-electron chi connectivity index (χ1n) is 10.6. The predicted octanol–water partition coefficient (Wildman–Crippen LogP) is 4.92. The molecular weight excluding hydrogens is 386 g/mol. The molecule has 3 heterocycles. The van der Waals surface area contributed by atoms with Crippen LogP contribution in [0.3, 0.4) is 0 Å². The smallest absolute Gasteiger partial charge is 0.163 e. The largest absolute Gasteiger partial charge is 0.383 e. The summed E-state index contributed by atoms with van der Waals surface area (Å²) in [5.74, 6) is 0.449. The molecule has 2 aromatic heterocycles. The van der Waals surface area contributed by atoms with Gasteiger partial charge in [0.2, 0.25) is 0 Å². The Kier molecular flexibility index (Phi) is 5.07. The normalized spacial score (nSPS) is 14.6. The summed E-state index contributed by atoms with van der Waals surface area (Å²) in [6, 6.07) is 8.22. The number of aromatic nitrogens is 4. The number of aliphatic imine (C=N–C) groups is 1. The van der Waals surface area contributed by atoms with Crippen molar-refractivity contribution in [3.8, 4) is 11.3 Å². The highest BCUT2D eigenvalue weighted by Crippen LogP contribution is 2.32. The number of rotatable bonds is 4. The lowest BCUT2D eigenvalue weighted by atomic mass is 9.90. The van der Waals surface area contributed by atoms with Gasteiger partial charge in [0.15, 0.2) is 5.65 Å². The van der Waals surface area contributed by atoms with E-state index < -0.39 is 0 Å². The molecule has 0 bridgehead atoms. The fourth-order valence-corrected chi connectivity index (χ4v) is 3.64. The summed E-state index contributed by atoms with van der Waals surface area (Å²) < 4.78 is 1.93. The summed E-state index contributed by atoms with van der Waals surface area (Å²) in [7, 11) is 0. The van der Waals surface area contributed by atoms with Crippen LogP contribution in [-0.4, -0.2) is 32.0 Å². The number of nitrogens with one attached hydrogen (secondary N) is 1. The molecule has 3 N–H and O–H groups in total. The van der Waals surface area contributed by atoms with Gasteiger partial charge in [-0.1, -0.05) is 53.7 Å². The molecule has 1 aliphatic heterocycles. The maximum absolute atomic E-state index is 6.22. The molecule has 1 aromatic carbocycles. The standard InChI is InChI=1S/C24H31N7/c1-23(2,3)13-31-22-19(21(25)27-14-28-22)20(30-31)15-7-9-16(10-8-15)29-17-11-18(26-12-17)24(4,5)6/h7-11,14,29H,12-13H2,1-6H3,(H2,25,27,28). The van der Waals surface area contributed by atoms with Crippen molar-refractivity contribution in [3.05, 3.63) is 42.4 Å². The third-order valence-electron chi connectivity index (χ3n) is 5.15. The van der Waals surface area contributed by atoms with Crippen LogP contribution in [0.2, 0.25) is 0 Å². The molecule has 7 heteroatoms. The summed E-state index contributed by atoms with van der Waals surface area (Å²) in [6.45, 7) is 14.5. The third kappa shape index (κ3) is 4.45. The molecule has 0 amide bonds. The van der Waals surface area contributed by atoms with E-state index in [1.165, 1.54) is 6.33 Å². The molecule has 0 aliphatic carbocycles. The molecule has 4 rings (SSSR count). The van der Waals surface area contributed by atoms with Gasteiger partial charge in [-0.2, -0.15) is 5.10 Å². The van der Waals surface area contributed by atoms with E-state index in [0.29, 0.717) is 12.4 Å². The van der Waals surface area contributed by atoms with Crippen molar-refractivity contribution in [2.45, 2.75) is 48.1 Å². The van der Waals surface area contributed by atoms with Gasteiger partial charge in [-0.15, -0.1) is 0 Å². The minimum absolute atomic E-state index is 0.0578. The molecule has 3 aromatic rings. The molecule has 31 heavy (non-hydrogen) atoms. The van der Waals surface area contributed by atoms with E-state index in [-0.39, 0.29) is 10.8 Å². The van der Waals surface area contributed by atoms with Gasteiger partial charge in [0.05, 0.1) is 11.9 Å². The van der Waals surface area contributed by atoms with Crippen molar-refractivity contribution in [1.29, 1.82) is 0 Å². The molecule has 1 aliphatic rings. The fraction of sp³-hybridized carbons (Fsp3) is 0.417. The Balaban J connectivity index is 1.63. The quantitative estimate of drug-likeness (QED) is 0.628. The van der Waals surface area contributed by atoms with Gasteiger partial charge in [0.1, 0.15) is 17.8 Å². The zero-order chi connectivity index (χ0) is 22.4. The summed E-state index contributed by atoms with van der Waals surface area (Å²) in [6.07, 6.45) is 3.65. The molecule has 0 saturated carbocycles. The van der Waals surface area contributed by atoms with Crippen molar-refractivity contribution < 1.29 is 0 Å². The second kappa shape index (κ2) is 7.48. The number of nitrogen functional groups attached to an aromatic ring is 1. The number of hydrogen-bond acceptors (Lipinski definition) is 6. The number of anilines is 2. The Morgan fingerprint density at radius 2 is 1.74 bits per heavy atom. The van der Waals surface area contributed by atoms with Gasteiger partial charge < -0.3 is 11.1 Å². The number of nitrogens with zero attached hydrogens (tertiary/aromatic N) is 5. The Bertz CT molecular complexity index is 1170. The number of allylic oxidation sites excluding steroid dienone is 1. The average Bonchev–Trinajstić information content (AvgIpc) is 3.27. The minimum Gasteiger partial charge on any atom is -0.383 e. The van der Waals surface area contributed by atoms with Crippen LogP contribution >= 0.6 is 0 Å². The number of nitrogens with two attached hydrogens (primary N) is 1. The van der Waals surface area contributed by atoms with Gasteiger partial charge in [0.25, 0.3) is 0 Å². The van der Waals surface area contributed by atoms with Crippen molar-refractivity contribution in [2.75, 3.05) is 17.6 Å². The maximum Gasteiger partial charge on any atom is 0.163 e. The SMILES string of the molecule is CC(C)(C)Cn1nc(-c2ccc(NC3=CC(C(C)(C)C)=NC3)cc2)c2c(N)ncnc21. The van der Waals surface area contributed by atoms with Gasteiger partial charge in [-0.05, 0) is 23.6 Å². The van der Waals surface area contributed by atoms with Crippen LogP contribution in [0.4, 0.5) is 11.5 Å². The molecule has 0 atom stereocenters. The number of benzene rings is 1. The second-order valence-corrected chi connectivity index (χ2v) is 10.3. The Labute approximate surface area is 183 Å². The lowest BCUT2D eigenvalue weighted by Gasteiger charge is -2.18. The first-order chi connectivity index (χ1) is 14.5. The van der Waals surface area contributed by atoms with Crippen molar-refractivity contribution in [3.63, 3.8) is 0 Å². The third-order valence-corrected chi connectivity index (χ3v) is 5.15. The molecule has 0 unspecified atom stereocenters. The van der Waals surface area contributed by atoms with Crippen LogP contribution in [0, 0.1) is 10.8 Å². The van der Waals surface area contributed by atoms with E-state index in [0.717, 1.165) is 45.9 Å². The first-order valence-corrected chi connectivity index (χ1v) is 10.6. The van der Waals surface area contributed by atoms with Gasteiger partial charge in [-0.3, -0.25) is 4.99 Å². The van der Waals surface area contributed by atoms with Crippen LogP contribution in [0.1, 0.15) is 41.5 Å². The van der Waals surface area contributed by atoms with Gasteiger partial charge in [0, 0.05) is 34.6 Å². The monoisotopic (exact) mass is 417 g/mol. The molecule has 0 fully saturated rings. The van der Waals surface area contributed by atoms with E-state index in [4.69, 9.17) is 10.8 Å². The van der Waals surface area contributed by atoms with E-state index in [9.17, 15) is 0 Å². The topological polar surface area (TPSA) is 94.0 Å². The van der Waals surface area contributed by atoms with Crippen molar-refractivity contribution >= 4 is 28.3 Å².